The smallest absolute Gasteiger partial charge is 0.242 e. The van der Waals surface area contributed by atoms with Crippen LogP contribution in [0.3, 0.4) is 0 Å². The van der Waals surface area contributed by atoms with E-state index in [0.29, 0.717) is 19.0 Å². The van der Waals surface area contributed by atoms with Gasteiger partial charge in [-0.1, -0.05) is 71.2 Å². The van der Waals surface area contributed by atoms with E-state index in [1.54, 1.807) is 11.8 Å². The molecule has 2 rings (SSSR count). The number of benzene rings is 2. The second-order valence-electron chi connectivity index (χ2n) is 8.14. The normalized spacial score (nSPS) is 12.0. The van der Waals surface area contributed by atoms with Crippen molar-refractivity contribution in [3.8, 4) is 0 Å². The predicted molar refractivity (Wildman–Crippen MR) is 122 cm³/mol. The number of amides is 2. The lowest BCUT2D eigenvalue weighted by atomic mass is 10.0. The Bertz CT molecular complexity index is 826. The highest BCUT2D eigenvalue weighted by Crippen LogP contribution is 2.17. The molecular weight excluding hydrogens is 428 g/mol. The maximum absolute atomic E-state index is 13.2. The molecule has 29 heavy (non-hydrogen) atoms. The summed E-state index contributed by atoms with van der Waals surface area (Å²) in [6, 6.07) is 13.5. The van der Waals surface area contributed by atoms with Crippen molar-refractivity contribution in [1.82, 2.24) is 10.2 Å². The van der Waals surface area contributed by atoms with Crippen molar-refractivity contribution in [2.45, 2.75) is 53.6 Å². The summed E-state index contributed by atoms with van der Waals surface area (Å²) in [4.78, 5) is 27.6. The average molecular weight is 459 g/mol. The molecule has 0 aliphatic carbocycles. The number of halogens is 1. The second kappa shape index (κ2) is 10.6. The van der Waals surface area contributed by atoms with Gasteiger partial charge in [0, 0.05) is 17.6 Å². The molecule has 0 saturated heterocycles. The van der Waals surface area contributed by atoms with E-state index in [1.807, 2.05) is 50.2 Å². The van der Waals surface area contributed by atoms with Crippen molar-refractivity contribution < 1.29 is 9.59 Å². The molecule has 1 atom stereocenters. The van der Waals surface area contributed by atoms with Crippen LogP contribution in [0.5, 0.6) is 0 Å². The van der Waals surface area contributed by atoms with E-state index in [0.717, 1.165) is 26.7 Å². The lowest BCUT2D eigenvalue weighted by Gasteiger charge is -2.29. The summed E-state index contributed by atoms with van der Waals surface area (Å²) in [6.07, 6.45) is 0.279. The third-order valence-electron chi connectivity index (χ3n) is 4.75. The lowest BCUT2D eigenvalue weighted by Crippen LogP contribution is -2.48. The SMILES string of the molecule is Cc1cc(C)cc(CC(=O)N(Cc2ccc(Br)cc2)C(C)C(=O)NCC(C)C)c1. The van der Waals surface area contributed by atoms with E-state index < -0.39 is 6.04 Å². The van der Waals surface area contributed by atoms with E-state index in [4.69, 9.17) is 0 Å². The first-order valence-electron chi connectivity index (χ1n) is 10.0. The number of nitrogens with zero attached hydrogens (tertiary/aromatic N) is 1. The molecule has 1 N–H and O–H groups in total. The Morgan fingerprint density at radius 1 is 0.966 bits per heavy atom. The van der Waals surface area contributed by atoms with Crippen LogP contribution < -0.4 is 5.32 Å². The first kappa shape index (κ1) is 23.1. The third kappa shape index (κ3) is 7.32. The Morgan fingerprint density at radius 2 is 1.55 bits per heavy atom. The zero-order valence-corrected chi connectivity index (χ0v) is 19.5. The zero-order chi connectivity index (χ0) is 21.6. The molecule has 0 aromatic heterocycles. The highest BCUT2D eigenvalue weighted by molar-refractivity contribution is 9.10. The largest absolute Gasteiger partial charge is 0.354 e. The molecule has 0 heterocycles. The van der Waals surface area contributed by atoms with Gasteiger partial charge in [0.15, 0.2) is 0 Å². The Morgan fingerprint density at radius 3 is 2.10 bits per heavy atom. The number of rotatable bonds is 8. The number of hydrogen-bond acceptors (Lipinski definition) is 2. The van der Waals surface area contributed by atoms with Crippen LogP contribution >= 0.6 is 15.9 Å². The molecule has 5 heteroatoms. The van der Waals surface area contributed by atoms with Gasteiger partial charge in [0.25, 0.3) is 0 Å². The lowest BCUT2D eigenvalue weighted by molar-refractivity contribution is -0.140. The second-order valence-corrected chi connectivity index (χ2v) is 9.05. The predicted octanol–water partition coefficient (Wildman–Crippen LogP) is 4.80. The van der Waals surface area contributed by atoms with Gasteiger partial charge in [0.1, 0.15) is 6.04 Å². The van der Waals surface area contributed by atoms with Crippen molar-refractivity contribution >= 4 is 27.7 Å². The number of carbonyl (C=O) groups is 2. The zero-order valence-electron chi connectivity index (χ0n) is 18.0. The van der Waals surface area contributed by atoms with E-state index >= 15 is 0 Å². The van der Waals surface area contributed by atoms with Crippen LogP contribution in [0.1, 0.15) is 43.0 Å². The Kier molecular flexibility index (Phi) is 8.45. The quantitative estimate of drug-likeness (QED) is 0.617. The fourth-order valence-electron chi connectivity index (χ4n) is 3.27. The van der Waals surface area contributed by atoms with Gasteiger partial charge >= 0.3 is 0 Å². The summed E-state index contributed by atoms with van der Waals surface area (Å²) in [5.74, 6) is 0.187. The summed E-state index contributed by atoms with van der Waals surface area (Å²) >= 11 is 3.44. The van der Waals surface area contributed by atoms with Crippen molar-refractivity contribution in [2.24, 2.45) is 5.92 Å². The van der Waals surface area contributed by atoms with Crippen LogP contribution in [-0.2, 0) is 22.6 Å². The molecule has 0 fully saturated rings. The highest BCUT2D eigenvalue weighted by atomic mass is 79.9. The van der Waals surface area contributed by atoms with Crippen LogP contribution in [0, 0.1) is 19.8 Å². The standard InChI is InChI=1S/C24H31BrN2O2/c1-16(2)14-26-24(29)19(5)27(15-20-6-8-22(25)9-7-20)23(28)13-21-11-17(3)10-18(4)12-21/h6-12,16,19H,13-15H2,1-5H3,(H,26,29). The molecule has 0 aliphatic heterocycles. The van der Waals surface area contributed by atoms with E-state index in [2.05, 4.69) is 41.2 Å². The number of aryl methyl sites for hydroxylation is 2. The van der Waals surface area contributed by atoms with Gasteiger partial charge in [-0.3, -0.25) is 9.59 Å². The molecular formula is C24H31BrN2O2. The molecule has 0 radical (unpaired) electrons. The number of nitrogens with one attached hydrogen (secondary N) is 1. The Hall–Kier alpha value is -2.14. The number of carbonyl (C=O) groups excluding carboxylic acids is 2. The average Bonchev–Trinajstić information content (AvgIpc) is 2.64. The monoisotopic (exact) mass is 458 g/mol. The first-order valence-corrected chi connectivity index (χ1v) is 10.8. The van der Waals surface area contributed by atoms with Crippen LogP contribution in [-0.4, -0.2) is 29.3 Å². The molecule has 156 valence electrons. The fourth-order valence-corrected chi connectivity index (χ4v) is 3.53. The molecule has 0 bridgehead atoms. The summed E-state index contributed by atoms with van der Waals surface area (Å²) in [5.41, 5.74) is 4.23. The molecule has 4 nitrogen and oxygen atoms in total. The third-order valence-corrected chi connectivity index (χ3v) is 5.28. The molecule has 1 unspecified atom stereocenters. The number of hydrogen-bond donors (Lipinski definition) is 1. The maximum Gasteiger partial charge on any atom is 0.242 e. The maximum atomic E-state index is 13.2. The van der Waals surface area contributed by atoms with Crippen LogP contribution in [0.2, 0.25) is 0 Å². The molecule has 0 spiro atoms. The summed E-state index contributed by atoms with van der Waals surface area (Å²) in [7, 11) is 0. The van der Waals surface area contributed by atoms with Gasteiger partial charge in [-0.05, 0) is 49.9 Å². The van der Waals surface area contributed by atoms with Crippen molar-refractivity contribution in [1.29, 1.82) is 0 Å². The van der Waals surface area contributed by atoms with Crippen molar-refractivity contribution in [3.63, 3.8) is 0 Å². The summed E-state index contributed by atoms with van der Waals surface area (Å²) < 4.78 is 0.983. The summed E-state index contributed by atoms with van der Waals surface area (Å²) in [6.45, 7) is 11.0. The molecule has 2 aromatic rings. The van der Waals surface area contributed by atoms with Gasteiger partial charge in [-0.2, -0.15) is 0 Å². The van der Waals surface area contributed by atoms with Gasteiger partial charge in [-0.25, -0.2) is 0 Å². The van der Waals surface area contributed by atoms with E-state index in [1.165, 1.54) is 0 Å². The Balaban J connectivity index is 2.23. The van der Waals surface area contributed by atoms with Gasteiger partial charge in [0.05, 0.1) is 6.42 Å². The molecule has 0 saturated carbocycles. The van der Waals surface area contributed by atoms with Crippen molar-refractivity contribution in [3.05, 3.63) is 69.2 Å². The first-order chi connectivity index (χ1) is 13.7. The van der Waals surface area contributed by atoms with Crippen molar-refractivity contribution in [2.75, 3.05) is 6.54 Å². The summed E-state index contributed by atoms with van der Waals surface area (Å²) in [5, 5.41) is 2.95. The molecule has 2 amide bonds. The van der Waals surface area contributed by atoms with Gasteiger partial charge in [-0.15, -0.1) is 0 Å². The molecule has 0 aliphatic rings. The van der Waals surface area contributed by atoms with Crippen LogP contribution in [0.25, 0.3) is 0 Å². The molecule has 2 aromatic carbocycles. The fraction of sp³-hybridized carbons (Fsp3) is 0.417. The minimum Gasteiger partial charge on any atom is -0.354 e. The highest BCUT2D eigenvalue weighted by Gasteiger charge is 2.26. The minimum absolute atomic E-state index is 0.0508. The van der Waals surface area contributed by atoms with Crippen LogP contribution in [0.4, 0.5) is 0 Å². The van der Waals surface area contributed by atoms with E-state index in [-0.39, 0.29) is 18.2 Å². The topological polar surface area (TPSA) is 49.4 Å². The minimum atomic E-state index is -0.546. The Labute approximate surface area is 182 Å². The van der Waals surface area contributed by atoms with Gasteiger partial charge in [0.2, 0.25) is 11.8 Å². The van der Waals surface area contributed by atoms with Crippen LogP contribution in [0.15, 0.2) is 46.9 Å². The van der Waals surface area contributed by atoms with E-state index in [9.17, 15) is 9.59 Å². The van der Waals surface area contributed by atoms with Gasteiger partial charge < -0.3 is 10.2 Å².